The molecule has 3 rings (SSSR count). The minimum absolute atomic E-state index is 0. The van der Waals surface area contributed by atoms with Crippen LogP contribution in [0.3, 0.4) is 0 Å². The van der Waals surface area contributed by atoms with Crippen LogP contribution in [0.4, 0.5) is 0 Å². The molecule has 4 atom stereocenters. The highest BCUT2D eigenvalue weighted by molar-refractivity contribution is 5.85. The molecule has 1 aromatic rings. The Bertz CT molecular complexity index is 848. The molecule has 0 aromatic heterocycles. The van der Waals surface area contributed by atoms with E-state index >= 15 is 0 Å². The van der Waals surface area contributed by atoms with E-state index < -0.39 is 0 Å². The van der Waals surface area contributed by atoms with Gasteiger partial charge in [-0.3, -0.25) is 14.5 Å². The Balaban J connectivity index is 0.00000342. The zero-order valence-corrected chi connectivity index (χ0v) is 24.0. The number of amides is 2. The van der Waals surface area contributed by atoms with Crippen molar-refractivity contribution in [2.75, 3.05) is 26.2 Å². The molecule has 1 aliphatic heterocycles. The maximum absolute atomic E-state index is 13.5. The SMILES string of the molecule is CCNC(=O)CCCNC(=O)C(C1CCCCC1)C(C)N1CCC(C)(c2cccc(O)c2)C(C)C1.Cl.O. The van der Waals surface area contributed by atoms with Crippen molar-refractivity contribution in [3.63, 3.8) is 0 Å². The van der Waals surface area contributed by atoms with E-state index in [9.17, 15) is 14.7 Å². The summed E-state index contributed by atoms with van der Waals surface area (Å²) in [5.74, 6) is 1.36. The standard InChI is InChI=1S/C29H47N3O3.ClH.H2O/c1-5-30-26(34)15-10-17-31-28(35)27(23-11-7-6-8-12-23)22(3)32-18-16-29(4,21(2)20-32)24-13-9-14-25(33)19-24;;/h9,13-14,19,21-23,27,33H,5-8,10-12,15-18,20H2,1-4H3,(H,30,34)(H,31,35);1H;1H2. The molecule has 1 heterocycles. The Labute approximate surface area is 229 Å². The third kappa shape index (κ3) is 8.59. The molecule has 7 nitrogen and oxygen atoms in total. The van der Waals surface area contributed by atoms with Gasteiger partial charge in [-0.05, 0) is 81.0 Å². The second-order valence-electron chi connectivity index (χ2n) is 11.1. The van der Waals surface area contributed by atoms with Crippen molar-refractivity contribution in [3.05, 3.63) is 29.8 Å². The summed E-state index contributed by atoms with van der Waals surface area (Å²) in [6.07, 6.45) is 8.09. The van der Waals surface area contributed by atoms with Crippen molar-refractivity contribution >= 4 is 24.2 Å². The Morgan fingerprint density at radius 2 is 1.89 bits per heavy atom. The zero-order valence-electron chi connectivity index (χ0n) is 23.2. The second-order valence-corrected chi connectivity index (χ2v) is 11.1. The molecule has 8 heteroatoms. The van der Waals surface area contributed by atoms with Gasteiger partial charge in [0.05, 0.1) is 5.92 Å². The number of hydrogen-bond acceptors (Lipinski definition) is 4. The summed E-state index contributed by atoms with van der Waals surface area (Å²) in [5.41, 5.74) is 1.21. The van der Waals surface area contributed by atoms with Crippen LogP contribution in [-0.2, 0) is 15.0 Å². The van der Waals surface area contributed by atoms with Crippen LogP contribution in [-0.4, -0.2) is 59.5 Å². The number of piperidine rings is 1. The number of nitrogens with zero attached hydrogens (tertiary/aromatic N) is 1. The molecule has 2 amide bonds. The summed E-state index contributed by atoms with van der Waals surface area (Å²) in [7, 11) is 0. The number of nitrogens with one attached hydrogen (secondary N) is 2. The number of likely N-dealkylation sites (tertiary alicyclic amines) is 1. The Kier molecular flexibility index (Phi) is 14.0. The van der Waals surface area contributed by atoms with E-state index in [4.69, 9.17) is 0 Å². The van der Waals surface area contributed by atoms with Crippen LogP contribution in [0.15, 0.2) is 24.3 Å². The number of carbonyl (C=O) groups is 2. The quantitative estimate of drug-likeness (QED) is 0.386. The summed E-state index contributed by atoms with van der Waals surface area (Å²) in [5, 5.41) is 16.0. The van der Waals surface area contributed by atoms with E-state index in [1.165, 1.54) is 24.8 Å². The summed E-state index contributed by atoms with van der Waals surface area (Å²) in [6, 6.07) is 7.89. The Morgan fingerprint density at radius 3 is 2.51 bits per heavy atom. The van der Waals surface area contributed by atoms with Gasteiger partial charge >= 0.3 is 0 Å². The molecule has 4 unspecified atom stereocenters. The lowest BCUT2D eigenvalue weighted by Gasteiger charge is -2.49. The number of halogens is 1. The van der Waals surface area contributed by atoms with Gasteiger partial charge in [-0.25, -0.2) is 0 Å². The summed E-state index contributed by atoms with van der Waals surface area (Å²) < 4.78 is 0. The highest BCUT2D eigenvalue weighted by Gasteiger charge is 2.43. The monoisotopic (exact) mass is 539 g/mol. The average molecular weight is 540 g/mol. The molecule has 1 saturated heterocycles. The van der Waals surface area contributed by atoms with Crippen LogP contribution in [0.5, 0.6) is 5.75 Å². The molecule has 212 valence electrons. The van der Waals surface area contributed by atoms with Gasteiger partial charge in [-0.2, -0.15) is 0 Å². The van der Waals surface area contributed by atoms with Crippen molar-refractivity contribution in [2.45, 2.75) is 90.5 Å². The first-order valence-corrected chi connectivity index (χ1v) is 13.8. The van der Waals surface area contributed by atoms with E-state index in [2.05, 4.69) is 42.4 Å². The predicted molar refractivity (Wildman–Crippen MR) is 152 cm³/mol. The van der Waals surface area contributed by atoms with Crippen molar-refractivity contribution in [3.8, 4) is 5.75 Å². The minimum Gasteiger partial charge on any atom is -0.508 e. The van der Waals surface area contributed by atoms with E-state index in [1.54, 1.807) is 6.07 Å². The summed E-state index contributed by atoms with van der Waals surface area (Å²) in [6.45, 7) is 11.9. The topological polar surface area (TPSA) is 113 Å². The lowest BCUT2D eigenvalue weighted by molar-refractivity contribution is -0.130. The number of phenolic OH excluding ortho intramolecular Hbond substituents is 1. The van der Waals surface area contributed by atoms with Crippen LogP contribution in [0, 0.1) is 17.8 Å². The van der Waals surface area contributed by atoms with E-state index in [0.717, 1.165) is 32.4 Å². The third-order valence-corrected chi connectivity index (χ3v) is 8.83. The van der Waals surface area contributed by atoms with Gasteiger partial charge in [0, 0.05) is 32.1 Å². The summed E-state index contributed by atoms with van der Waals surface area (Å²) >= 11 is 0. The van der Waals surface area contributed by atoms with Gasteiger partial charge in [0.1, 0.15) is 5.75 Å². The average Bonchev–Trinajstić information content (AvgIpc) is 2.84. The highest BCUT2D eigenvalue weighted by atomic mass is 35.5. The molecule has 1 aromatic carbocycles. The highest BCUT2D eigenvalue weighted by Crippen LogP contribution is 2.42. The van der Waals surface area contributed by atoms with Crippen molar-refractivity contribution in [2.24, 2.45) is 17.8 Å². The number of rotatable bonds is 10. The number of benzene rings is 1. The third-order valence-electron chi connectivity index (χ3n) is 8.83. The first-order chi connectivity index (χ1) is 16.8. The van der Waals surface area contributed by atoms with E-state index in [0.29, 0.717) is 43.5 Å². The maximum Gasteiger partial charge on any atom is 0.224 e. The van der Waals surface area contributed by atoms with Crippen LogP contribution in [0.1, 0.15) is 84.6 Å². The van der Waals surface area contributed by atoms with E-state index in [1.807, 2.05) is 19.1 Å². The maximum atomic E-state index is 13.5. The van der Waals surface area contributed by atoms with Crippen LogP contribution in [0.2, 0.25) is 0 Å². The zero-order chi connectivity index (χ0) is 25.4. The van der Waals surface area contributed by atoms with Gasteiger partial charge in [0.25, 0.3) is 0 Å². The molecule has 0 radical (unpaired) electrons. The molecule has 1 aliphatic carbocycles. The summed E-state index contributed by atoms with van der Waals surface area (Å²) in [4.78, 5) is 27.8. The Morgan fingerprint density at radius 1 is 1.19 bits per heavy atom. The Hall–Kier alpha value is -1.83. The molecular formula is C29H50ClN3O4. The molecular weight excluding hydrogens is 490 g/mol. The van der Waals surface area contributed by atoms with Gasteiger partial charge < -0.3 is 21.2 Å². The fourth-order valence-electron chi connectivity index (χ4n) is 6.34. The van der Waals surface area contributed by atoms with Gasteiger partial charge in [-0.1, -0.05) is 45.2 Å². The van der Waals surface area contributed by atoms with Crippen molar-refractivity contribution in [1.29, 1.82) is 0 Å². The largest absolute Gasteiger partial charge is 0.508 e. The molecule has 0 spiro atoms. The van der Waals surface area contributed by atoms with Crippen LogP contribution in [0.25, 0.3) is 0 Å². The lowest BCUT2D eigenvalue weighted by atomic mass is 9.67. The van der Waals surface area contributed by atoms with E-state index in [-0.39, 0.29) is 47.1 Å². The van der Waals surface area contributed by atoms with Gasteiger partial charge in [0.2, 0.25) is 11.8 Å². The smallest absolute Gasteiger partial charge is 0.224 e. The second kappa shape index (κ2) is 15.6. The molecule has 0 bridgehead atoms. The molecule has 37 heavy (non-hydrogen) atoms. The van der Waals surface area contributed by atoms with Crippen molar-refractivity contribution < 1.29 is 20.2 Å². The van der Waals surface area contributed by atoms with Crippen LogP contribution >= 0.6 is 12.4 Å². The van der Waals surface area contributed by atoms with Gasteiger partial charge in [-0.15, -0.1) is 12.4 Å². The normalized spacial score (nSPS) is 24.2. The number of hydrogen-bond donors (Lipinski definition) is 3. The fraction of sp³-hybridized carbons (Fsp3) is 0.724. The molecule has 5 N–H and O–H groups in total. The van der Waals surface area contributed by atoms with Gasteiger partial charge in [0.15, 0.2) is 0 Å². The van der Waals surface area contributed by atoms with Crippen LogP contribution < -0.4 is 10.6 Å². The molecule has 2 aliphatic rings. The predicted octanol–water partition coefficient (Wildman–Crippen LogP) is 4.21. The minimum atomic E-state index is -0.0166. The first kappa shape index (κ1) is 33.2. The van der Waals surface area contributed by atoms with Crippen molar-refractivity contribution in [1.82, 2.24) is 15.5 Å². The molecule has 2 fully saturated rings. The lowest BCUT2D eigenvalue weighted by Crippen LogP contribution is -2.55. The number of aromatic hydroxyl groups is 1. The molecule has 1 saturated carbocycles. The number of carbonyl (C=O) groups excluding carboxylic acids is 2. The first-order valence-electron chi connectivity index (χ1n) is 13.8. The number of phenols is 1. The fourth-order valence-corrected chi connectivity index (χ4v) is 6.34.